The molecule has 2 heterocycles. The highest BCUT2D eigenvalue weighted by molar-refractivity contribution is 5.95. The number of hydrogen-bond acceptors (Lipinski definition) is 5. The molecule has 0 spiro atoms. The molecular weight excluding hydrogens is 328 g/mol. The van der Waals surface area contributed by atoms with Gasteiger partial charge in [-0.15, -0.1) is 0 Å². The van der Waals surface area contributed by atoms with Crippen LogP contribution in [0.2, 0.25) is 0 Å². The molecule has 0 radical (unpaired) electrons. The summed E-state index contributed by atoms with van der Waals surface area (Å²) in [4.78, 5) is 37.8. The average molecular weight is 352 g/mol. The Morgan fingerprint density at radius 2 is 2.16 bits per heavy atom. The van der Waals surface area contributed by atoms with Gasteiger partial charge < -0.3 is 24.5 Å². The highest BCUT2D eigenvalue weighted by atomic mass is 16.5. The van der Waals surface area contributed by atoms with Gasteiger partial charge in [-0.1, -0.05) is 13.8 Å². The lowest BCUT2D eigenvalue weighted by Gasteiger charge is -2.30. The molecule has 25 heavy (non-hydrogen) atoms. The van der Waals surface area contributed by atoms with E-state index in [1.165, 1.54) is 24.3 Å². The van der Waals surface area contributed by atoms with Crippen molar-refractivity contribution in [2.45, 2.75) is 44.9 Å². The van der Waals surface area contributed by atoms with Gasteiger partial charge >= 0.3 is 5.97 Å². The zero-order valence-corrected chi connectivity index (χ0v) is 14.6. The van der Waals surface area contributed by atoms with Crippen LogP contribution in [-0.2, 0) is 14.3 Å². The molecule has 1 aromatic heterocycles. The summed E-state index contributed by atoms with van der Waals surface area (Å²) >= 11 is 0. The number of hydrogen-bond donors (Lipinski definition) is 2. The van der Waals surface area contributed by atoms with Crippen LogP contribution >= 0.6 is 0 Å². The Morgan fingerprint density at radius 1 is 1.44 bits per heavy atom. The van der Waals surface area contributed by atoms with Crippen molar-refractivity contribution in [1.29, 1.82) is 0 Å². The average Bonchev–Trinajstić information content (AvgIpc) is 3.20. The summed E-state index contributed by atoms with van der Waals surface area (Å²) < 4.78 is 10.3. The van der Waals surface area contributed by atoms with Gasteiger partial charge in [-0.3, -0.25) is 14.4 Å². The van der Waals surface area contributed by atoms with E-state index in [9.17, 15) is 14.4 Å². The molecule has 1 fully saturated rings. The van der Waals surface area contributed by atoms with Crippen molar-refractivity contribution in [3.8, 4) is 0 Å². The van der Waals surface area contributed by atoms with Crippen molar-refractivity contribution in [2.24, 2.45) is 5.92 Å². The molecule has 0 aliphatic carbocycles. The SMILES string of the molecule is COC1CC(CC(=O)O)N(C(=O)C(NC(=O)c2ccco2)C(C)C)C1. The number of carbonyl (C=O) groups is 3. The van der Waals surface area contributed by atoms with Gasteiger partial charge in [-0.2, -0.15) is 0 Å². The standard InChI is InChI=1S/C17H24N2O6/c1-10(2)15(18-16(22)13-5-4-6-25-13)17(23)19-9-12(24-3)7-11(19)8-14(20)21/h4-6,10-12,15H,7-9H2,1-3H3,(H,18,22)(H,20,21). The van der Waals surface area contributed by atoms with Crippen molar-refractivity contribution in [1.82, 2.24) is 10.2 Å². The van der Waals surface area contributed by atoms with E-state index >= 15 is 0 Å². The van der Waals surface area contributed by atoms with Crippen molar-refractivity contribution in [2.75, 3.05) is 13.7 Å². The topological polar surface area (TPSA) is 109 Å². The number of ether oxygens (including phenoxy) is 1. The molecule has 2 rings (SSSR count). The van der Waals surface area contributed by atoms with Gasteiger partial charge in [-0.25, -0.2) is 0 Å². The van der Waals surface area contributed by atoms with E-state index in [-0.39, 0.29) is 30.1 Å². The molecule has 2 amide bonds. The Labute approximate surface area is 146 Å². The molecule has 3 atom stereocenters. The van der Waals surface area contributed by atoms with Gasteiger partial charge in [0.2, 0.25) is 5.91 Å². The predicted molar refractivity (Wildman–Crippen MR) is 88.0 cm³/mol. The Hall–Kier alpha value is -2.35. The van der Waals surface area contributed by atoms with Crippen LogP contribution in [0.3, 0.4) is 0 Å². The molecule has 8 nitrogen and oxygen atoms in total. The largest absolute Gasteiger partial charge is 0.481 e. The fourth-order valence-corrected chi connectivity index (χ4v) is 3.02. The number of furan rings is 1. The van der Waals surface area contributed by atoms with Gasteiger partial charge in [-0.05, 0) is 24.5 Å². The van der Waals surface area contributed by atoms with Crippen molar-refractivity contribution >= 4 is 17.8 Å². The second-order valence-electron chi connectivity index (χ2n) is 6.51. The Kier molecular flexibility index (Phi) is 6.19. The molecule has 138 valence electrons. The maximum atomic E-state index is 13.0. The molecule has 2 N–H and O–H groups in total. The Bertz CT molecular complexity index is 613. The van der Waals surface area contributed by atoms with Gasteiger partial charge in [0.15, 0.2) is 5.76 Å². The third kappa shape index (κ3) is 4.60. The summed E-state index contributed by atoms with van der Waals surface area (Å²) in [6.07, 6.45) is 1.49. The van der Waals surface area contributed by atoms with Crippen molar-refractivity contribution < 1.29 is 28.6 Å². The molecule has 1 aliphatic heterocycles. The van der Waals surface area contributed by atoms with Crippen LogP contribution in [-0.4, -0.2) is 59.6 Å². The van der Waals surface area contributed by atoms with Gasteiger partial charge in [0.25, 0.3) is 5.91 Å². The second-order valence-corrected chi connectivity index (χ2v) is 6.51. The number of carbonyl (C=O) groups excluding carboxylic acids is 2. The summed E-state index contributed by atoms with van der Waals surface area (Å²) in [5.74, 6) is -1.80. The molecule has 1 saturated heterocycles. The van der Waals surface area contributed by atoms with Crippen LogP contribution in [0.5, 0.6) is 0 Å². The summed E-state index contributed by atoms with van der Waals surface area (Å²) in [6.45, 7) is 3.95. The minimum Gasteiger partial charge on any atom is -0.481 e. The number of nitrogens with one attached hydrogen (secondary N) is 1. The quantitative estimate of drug-likeness (QED) is 0.761. The Balaban J connectivity index is 2.14. The lowest BCUT2D eigenvalue weighted by atomic mass is 10.0. The van der Waals surface area contributed by atoms with Crippen LogP contribution in [0.1, 0.15) is 37.2 Å². The van der Waals surface area contributed by atoms with Crippen molar-refractivity contribution in [3.63, 3.8) is 0 Å². The maximum absolute atomic E-state index is 13.0. The zero-order valence-electron chi connectivity index (χ0n) is 14.6. The summed E-state index contributed by atoms with van der Waals surface area (Å²) in [6, 6.07) is 1.88. The van der Waals surface area contributed by atoms with Crippen LogP contribution in [0.4, 0.5) is 0 Å². The van der Waals surface area contributed by atoms with Gasteiger partial charge in [0.1, 0.15) is 6.04 Å². The minimum atomic E-state index is -0.972. The van der Waals surface area contributed by atoms with Crippen LogP contribution < -0.4 is 5.32 Å². The summed E-state index contributed by atoms with van der Waals surface area (Å²) in [5.41, 5.74) is 0. The maximum Gasteiger partial charge on any atom is 0.305 e. The van der Waals surface area contributed by atoms with E-state index in [2.05, 4.69) is 5.32 Å². The number of carboxylic acid groups (broad SMARTS) is 1. The third-order valence-corrected chi connectivity index (χ3v) is 4.37. The number of nitrogens with zero attached hydrogens (tertiary/aromatic N) is 1. The molecule has 8 heteroatoms. The van der Waals surface area contributed by atoms with Crippen molar-refractivity contribution in [3.05, 3.63) is 24.2 Å². The molecule has 1 aliphatic rings. The normalized spacial score (nSPS) is 21.4. The first kappa shape index (κ1) is 19.0. The van der Waals surface area contributed by atoms with Crippen LogP contribution in [0.25, 0.3) is 0 Å². The predicted octanol–water partition coefficient (Wildman–Crippen LogP) is 1.12. The number of likely N-dealkylation sites (tertiary alicyclic amines) is 1. The van der Waals surface area contributed by atoms with E-state index in [0.717, 1.165) is 0 Å². The highest BCUT2D eigenvalue weighted by Gasteiger charge is 2.40. The number of amides is 2. The highest BCUT2D eigenvalue weighted by Crippen LogP contribution is 2.24. The lowest BCUT2D eigenvalue weighted by molar-refractivity contribution is -0.140. The summed E-state index contributed by atoms with van der Waals surface area (Å²) in [7, 11) is 1.54. The molecule has 0 bridgehead atoms. The van der Waals surface area contributed by atoms with E-state index < -0.39 is 24.0 Å². The Morgan fingerprint density at radius 3 is 2.68 bits per heavy atom. The number of rotatable bonds is 7. The third-order valence-electron chi connectivity index (χ3n) is 4.37. The second kappa shape index (κ2) is 8.15. The van der Waals surface area contributed by atoms with E-state index in [4.69, 9.17) is 14.3 Å². The first-order valence-electron chi connectivity index (χ1n) is 8.23. The van der Waals surface area contributed by atoms with Gasteiger partial charge in [0.05, 0.1) is 18.8 Å². The summed E-state index contributed by atoms with van der Waals surface area (Å²) in [5, 5.41) is 11.8. The smallest absolute Gasteiger partial charge is 0.305 e. The number of methoxy groups -OCH3 is 1. The van der Waals surface area contributed by atoms with Crippen LogP contribution in [0.15, 0.2) is 22.8 Å². The van der Waals surface area contributed by atoms with E-state index in [0.29, 0.717) is 13.0 Å². The lowest BCUT2D eigenvalue weighted by Crippen LogP contribution is -2.52. The molecule has 0 aromatic carbocycles. The van der Waals surface area contributed by atoms with Gasteiger partial charge in [0, 0.05) is 19.7 Å². The zero-order chi connectivity index (χ0) is 18.6. The monoisotopic (exact) mass is 352 g/mol. The van der Waals surface area contributed by atoms with Crippen LogP contribution in [0, 0.1) is 5.92 Å². The first-order chi connectivity index (χ1) is 11.8. The molecule has 3 unspecified atom stereocenters. The number of aliphatic carboxylic acids is 1. The molecule has 0 saturated carbocycles. The number of carboxylic acids is 1. The molecular formula is C17H24N2O6. The minimum absolute atomic E-state index is 0.122. The molecule has 1 aromatic rings. The van der Waals surface area contributed by atoms with E-state index in [1.54, 1.807) is 6.07 Å². The fourth-order valence-electron chi connectivity index (χ4n) is 3.02. The van der Waals surface area contributed by atoms with E-state index in [1.807, 2.05) is 13.8 Å². The first-order valence-corrected chi connectivity index (χ1v) is 8.23. The fraction of sp³-hybridized carbons (Fsp3) is 0.588.